The maximum absolute atomic E-state index is 12.4. The predicted molar refractivity (Wildman–Crippen MR) is 132 cm³/mol. The summed E-state index contributed by atoms with van der Waals surface area (Å²) in [6, 6.07) is 9.84. The Morgan fingerprint density at radius 3 is 2.69 bits per heavy atom. The minimum Gasteiger partial charge on any atom is -0.504 e. The number of nitrogens with one attached hydrogen (secondary N) is 1. The van der Waals surface area contributed by atoms with Gasteiger partial charge in [-0.05, 0) is 56.5 Å². The fraction of sp³-hybridized carbons (Fsp3) is 0.269. The van der Waals surface area contributed by atoms with Crippen LogP contribution < -0.4 is 15.1 Å². The molecule has 3 N–H and O–H groups in total. The van der Waals surface area contributed by atoms with Gasteiger partial charge in [0, 0.05) is 30.9 Å². The van der Waals surface area contributed by atoms with Gasteiger partial charge in [-0.15, -0.1) is 0 Å². The number of phenolic OH excluding ortho intramolecular Hbond substituents is 1. The number of nitrogens with zero attached hydrogens (tertiary/aromatic N) is 3. The Labute approximate surface area is 201 Å². The summed E-state index contributed by atoms with van der Waals surface area (Å²) < 4.78 is 11.1. The molecule has 9 nitrogen and oxygen atoms in total. The number of hydrogen-bond donors (Lipinski definition) is 3. The number of ether oxygens (including phenoxy) is 1. The number of rotatable bonds is 5. The number of benzene rings is 1. The van der Waals surface area contributed by atoms with Crippen LogP contribution in [0.5, 0.6) is 17.2 Å². The van der Waals surface area contributed by atoms with E-state index in [9.17, 15) is 15.0 Å². The van der Waals surface area contributed by atoms with Crippen LogP contribution in [0.3, 0.4) is 0 Å². The summed E-state index contributed by atoms with van der Waals surface area (Å²) in [6.07, 6.45) is 5.15. The minimum absolute atomic E-state index is 0.0146. The van der Waals surface area contributed by atoms with Crippen molar-refractivity contribution in [2.75, 3.05) is 25.1 Å². The van der Waals surface area contributed by atoms with E-state index < -0.39 is 11.2 Å². The lowest BCUT2D eigenvalue weighted by molar-refractivity contribution is 0.373. The van der Waals surface area contributed by atoms with E-state index in [2.05, 4.69) is 14.9 Å². The monoisotopic (exact) mass is 474 g/mol. The van der Waals surface area contributed by atoms with Crippen molar-refractivity contribution in [3.05, 3.63) is 58.6 Å². The molecular weight excluding hydrogens is 448 g/mol. The Balaban J connectivity index is 1.73. The molecule has 1 aliphatic heterocycles. The highest BCUT2D eigenvalue weighted by Gasteiger charge is 2.25. The molecule has 0 radical (unpaired) electrons. The summed E-state index contributed by atoms with van der Waals surface area (Å²) in [7, 11) is 1.46. The fourth-order valence-corrected chi connectivity index (χ4v) is 4.41. The van der Waals surface area contributed by atoms with Crippen molar-refractivity contribution in [2.45, 2.75) is 26.2 Å². The minimum atomic E-state index is -0.551. The molecule has 5 rings (SSSR count). The summed E-state index contributed by atoms with van der Waals surface area (Å²) in [4.78, 5) is 27.4. The Hall–Kier alpha value is -4.27. The molecule has 0 saturated carbocycles. The number of imidazole rings is 1. The molecule has 0 spiro atoms. The number of aromatic nitrogens is 3. The highest BCUT2D eigenvalue weighted by atomic mass is 16.5. The first-order valence-corrected chi connectivity index (χ1v) is 11.5. The second-order valence-electron chi connectivity index (χ2n) is 8.52. The number of H-pyrrole nitrogens is 1. The fourth-order valence-electron chi connectivity index (χ4n) is 4.41. The van der Waals surface area contributed by atoms with Crippen molar-refractivity contribution in [3.8, 4) is 51.3 Å². The zero-order valence-electron chi connectivity index (χ0n) is 19.5. The van der Waals surface area contributed by atoms with Crippen LogP contribution in [0.4, 0.5) is 5.82 Å². The molecule has 0 unspecified atom stereocenters. The lowest BCUT2D eigenvalue weighted by atomic mass is 10.1. The third kappa shape index (κ3) is 4.21. The van der Waals surface area contributed by atoms with Crippen LogP contribution in [0.15, 0.2) is 51.8 Å². The van der Waals surface area contributed by atoms with Gasteiger partial charge in [-0.25, -0.2) is 9.97 Å². The van der Waals surface area contributed by atoms with E-state index in [1.165, 1.54) is 25.7 Å². The smallest absolute Gasteiger partial charge is 0.227 e. The number of phenols is 1. The van der Waals surface area contributed by atoms with Crippen LogP contribution in [0.25, 0.3) is 34.1 Å². The lowest BCUT2D eigenvalue weighted by Crippen LogP contribution is -2.30. The molecule has 180 valence electrons. The van der Waals surface area contributed by atoms with Crippen molar-refractivity contribution >= 4 is 5.82 Å². The van der Waals surface area contributed by atoms with Gasteiger partial charge in [0.05, 0.1) is 12.7 Å². The van der Waals surface area contributed by atoms with Gasteiger partial charge in [0.15, 0.2) is 17.3 Å². The van der Waals surface area contributed by atoms with Gasteiger partial charge in [-0.2, -0.15) is 0 Å². The summed E-state index contributed by atoms with van der Waals surface area (Å²) in [5.74, 6) is 1.40. The van der Waals surface area contributed by atoms with E-state index in [1.807, 2.05) is 12.1 Å². The molecule has 35 heavy (non-hydrogen) atoms. The molecule has 9 heteroatoms. The normalized spacial score (nSPS) is 13.7. The Bertz CT molecular complexity index is 1440. The first kappa shape index (κ1) is 22.5. The standard InChI is InChI=1S/C26H26N4O5/c1-15-13-19(32)23(33)24(35-15)22-21(16-8-9-18(31)20(14-16)34-2)28-25(29-22)17-7-6-10-27-26(17)30-11-4-3-5-12-30/h6-10,13-14,31,33H,3-5,11-12H2,1-2H3,(H,28,29). The van der Waals surface area contributed by atoms with Crippen molar-refractivity contribution in [2.24, 2.45) is 0 Å². The number of aromatic hydroxyl groups is 2. The lowest BCUT2D eigenvalue weighted by Gasteiger charge is -2.28. The average Bonchev–Trinajstić information content (AvgIpc) is 3.32. The van der Waals surface area contributed by atoms with Crippen LogP contribution in [0.1, 0.15) is 25.0 Å². The molecule has 1 aromatic carbocycles. The third-order valence-electron chi connectivity index (χ3n) is 6.13. The first-order valence-electron chi connectivity index (χ1n) is 11.5. The van der Waals surface area contributed by atoms with Crippen LogP contribution >= 0.6 is 0 Å². The highest BCUT2D eigenvalue weighted by molar-refractivity contribution is 5.84. The molecule has 1 fully saturated rings. The number of aryl methyl sites for hydroxylation is 1. The quantitative estimate of drug-likeness (QED) is 0.387. The van der Waals surface area contributed by atoms with Gasteiger partial charge in [-0.3, -0.25) is 4.79 Å². The largest absolute Gasteiger partial charge is 0.504 e. The maximum atomic E-state index is 12.4. The van der Waals surface area contributed by atoms with E-state index >= 15 is 0 Å². The summed E-state index contributed by atoms with van der Waals surface area (Å²) in [5, 5.41) is 20.7. The Morgan fingerprint density at radius 2 is 1.91 bits per heavy atom. The van der Waals surface area contributed by atoms with Gasteiger partial charge >= 0.3 is 0 Å². The molecular formula is C26H26N4O5. The van der Waals surface area contributed by atoms with Gasteiger partial charge in [0.2, 0.25) is 11.2 Å². The Morgan fingerprint density at radius 1 is 1.11 bits per heavy atom. The average molecular weight is 475 g/mol. The number of pyridine rings is 1. The topological polar surface area (TPSA) is 125 Å². The van der Waals surface area contributed by atoms with E-state index in [0.717, 1.165) is 37.3 Å². The SMILES string of the molecule is COc1cc(-c2nc(-c3cccnc3N3CCCCC3)[nH]c2-c2oc(C)cc(=O)c2O)ccc1O. The van der Waals surface area contributed by atoms with Crippen LogP contribution in [0.2, 0.25) is 0 Å². The van der Waals surface area contributed by atoms with Crippen molar-refractivity contribution in [1.29, 1.82) is 0 Å². The molecule has 4 aromatic rings. The zero-order valence-corrected chi connectivity index (χ0v) is 19.5. The van der Waals surface area contributed by atoms with E-state index in [4.69, 9.17) is 14.1 Å². The van der Waals surface area contributed by atoms with Crippen molar-refractivity contribution in [1.82, 2.24) is 15.0 Å². The van der Waals surface area contributed by atoms with Crippen molar-refractivity contribution < 1.29 is 19.4 Å². The van der Waals surface area contributed by atoms with E-state index in [0.29, 0.717) is 28.5 Å². The summed E-state index contributed by atoms with van der Waals surface area (Å²) in [5.41, 5.74) is 1.60. The van der Waals surface area contributed by atoms with Gasteiger partial charge in [0.25, 0.3) is 0 Å². The second kappa shape index (κ2) is 9.17. The first-order chi connectivity index (χ1) is 17.0. The molecule has 1 aliphatic rings. The van der Waals surface area contributed by atoms with Crippen LogP contribution in [-0.4, -0.2) is 45.4 Å². The van der Waals surface area contributed by atoms with Crippen LogP contribution in [0, 0.1) is 6.92 Å². The van der Waals surface area contributed by atoms with Gasteiger partial charge in [0.1, 0.15) is 28.8 Å². The second-order valence-corrected chi connectivity index (χ2v) is 8.52. The molecule has 0 aliphatic carbocycles. The Kier molecular flexibility index (Phi) is 5.90. The number of piperidine rings is 1. The molecule has 1 saturated heterocycles. The van der Waals surface area contributed by atoms with E-state index in [1.54, 1.807) is 25.3 Å². The molecule has 4 heterocycles. The predicted octanol–water partition coefficient (Wildman–Crippen LogP) is 4.48. The number of aromatic amines is 1. The van der Waals surface area contributed by atoms with E-state index in [-0.39, 0.29) is 17.3 Å². The molecule has 0 bridgehead atoms. The van der Waals surface area contributed by atoms with Crippen LogP contribution in [-0.2, 0) is 0 Å². The molecule has 3 aromatic heterocycles. The molecule has 0 amide bonds. The number of anilines is 1. The summed E-state index contributed by atoms with van der Waals surface area (Å²) in [6.45, 7) is 3.46. The molecule has 0 atom stereocenters. The number of methoxy groups -OCH3 is 1. The van der Waals surface area contributed by atoms with Gasteiger partial charge < -0.3 is 29.3 Å². The highest BCUT2D eigenvalue weighted by Crippen LogP contribution is 2.40. The maximum Gasteiger partial charge on any atom is 0.227 e. The van der Waals surface area contributed by atoms with Crippen molar-refractivity contribution in [3.63, 3.8) is 0 Å². The zero-order chi connectivity index (χ0) is 24.5. The summed E-state index contributed by atoms with van der Waals surface area (Å²) >= 11 is 0. The third-order valence-corrected chi connectivity index (χ3v) is 6.13. The van der Waals surface area contributed by atoms with Gasteiger partial charge in [-0.1, -0.05) is 0 Å². The number of hydrogen-bond acceptors (Lipinski definition) is 8.